The number of likely N-dealkylation sites (N-methyl/N-ethyl adjacent to an activating group) is 2. The number of carbonyl (C=O) groups excluding carboxylic acids is 3. The Morgan fingerprint density at radius 1 is 0.871 bits per heavy atom. The van der Waals surface area contributed by atoms with E-state index in [1.165, 1.54) is 25.4 Å². The number of anilines is 3. The number of nitrogens with zero attached hydrogens (tertiary/aromatic N) is 4. The lowest BCUT2D eigenvalue weighted by atomic mass is 10.1. The Morgan fingerprint density at radius 2 is 1.58 bits per heavy atom. The van der Waals surface area contributed by atoms with Crippen molar-refractivity contribution in [3.05, 3.63) is 65.2 Å². The van der Waals surface area contributed by atoms with E-state index in [0.29, 0.717) is 0 Å². The molecule has 3 aromatic rings. The summed E-state index contributed by atoms with van der Waals surface area (Å²) >= 11 is 3.12. The van der Waals surface area contributed by atoms with Crippen LogP contribution >= 0.6 is 23.1 Å². The molecule has 0 spiro atoms. The van der Waals surface area contributed by atoms with Crippen molar-refractivity contribution in [3.8, 4) is 0 Å². The first-order chi connectivity index (χ1) is 15.0. The van der Waals surface area contributed by atoms with Gasteiger partial charge in [0.25, 0.3) is 11.8 Å². The maximum absolute atomic E-state index is 12.5. The van der Waals surface area contributed by atoms with E-state index in [0.717, 1.165) is 41.0 Å². The topological polar surface area (TPSA) is 73.8 Å². The number of imide groups is 2. The monoisotopic (exact) mass is 448 g/mol. The third kappa shape index (κ3) is 3.13. The fourth-order valence-corrected chi connectivity index (χ4v) is 5.47. The number of barbiturate groups is 1. The number of hydrogen-bond acceptors (Lipinski definition) is 7. The zero-order chi connectivity index (χ0) is 21.7. The second-order valence-electron chi connectivity index (χ2n) is 6.98. The molecule has 0 bridgehead atoms. The predicted octanol–water partition coefficient (Wildman–Crippen LogP) is 4.51. The highest BCUT2D eigenvalue weighted by atomic mass is 32.2. The second kappa shape index (κ2) is 7.36. The van der Waals surface area contributed by atoms with Gasteiger partial charge in [0.15, 0.2) is 5.82 Å². The summed E-state index contributed by atoms with van der Waals surface area (Å²) in [6.07, 6.45) is 3.31. The molecule has 1 aromatic carbocycles. The summed E-state index contributed by atoms with van der Waals surface area (Å²) < 4.78 is 0. The molecule has 2 aliphatic heterocycles. The Balaban J connectivity index is 1.57. The van der Waals surface area contributed by atoms with Crippen LogP contribution in [0.4, 0.5) is 21.3 Å². The van der Waals surface area contributed by atoms with Crippen LogP contribution in [0.15, 0.2) is 70.1 Å². The molecule has 0 aliphatic carbocycles. The summed E-state index contributed by atoms with van der Waals surface area (Å²) in [5, 5.41) is 0.910. The number of fused-ring (bicyclic) bond motifs is 2. The lowest BCUT2D eigenvalue weighted by Crippen LogP contribution is -2.52. The van der Waals surface area contributed by atoms with Crippen molar-refractivity contribution in [2.45, 2.75) is 9.79 Å². The minimum absolute atomic E-state index is 0.0360. The standard InChI is InChI=1S/C22H16N4O3S2/c1-24-20(27)14(21(28)25(2)22(24)29)12-13-9-10-18(30-13)26-15-6-3-4-7-16(15)31-17-8-5-11-23-19(17)26/h3-12H,1-2H3. The molecule has 2 aliphatic rings. The smallest absolute Gasteiger partial charge is 0.284 e. The molecule has 2 aromatic heterocycles. The van der Waals surface area contributed by atoms with Crippen molar-refractivity contribution >= 4 is 63.5 Å². The molecule has 4 heterocycles. The average Bonchev–Trinajstić information content (AvgIpc) is 3.25. The van der Waals surface area contributed by atoms with Crippen molar-refractivity contribution in [2.24, 2.45) is 0 Å². The summed E-state index contributed by atoms with van der Waals surface area (Å²) in [4.78, 5) is 48.4. The largest absolute Gasteiger partial charge is 0.333 e. The molecule has 7 nitrogen and oxygen atoms in total. The first-order valence-corrected chi connectivity index (χ1v) is 11.0. The molecule has 1 saturated heterocycles. The Hall–Kier alpha value is -3.43. The van der Waals surface area contributed by atoms with Crippen LogP contribution in [-0.2, 0) is 9.59 Å². The van der Waals surface area contributed by atoms with Gasteiger partial charge in [-0.05, 0) is 42.5 Å². The van der Waals surface area contributed by atoms with E-state index in [2.05, 4.69) is 16.0 Å². The normalized spacial score (nSPS) is 15.9. The minimum Gasteiger partial charge on any atom is -0.284 e. The van der Waals surface area contributed by atoms with E-state index in [1.54, 1.807) is 24.0 Å². The van der Waals surface area contributed by atoms with Crippen molar-refractivity contribution < 1.29 is 14.4 Å². The number of para-hydroxylation sites is 1. The van der Waals surface area contributed by atoms with Gasteiger partial charge in [0.05, 0.1) is 10.6 Å². The SMILES string of the molecule is CN1C(=O)C(=Cc2ccc(N3c4ccccc4Sc4cccnc43)s2)C(=O)N(C)C1=O. The molecule has 4 amide bonds. The number of rotatable bonds is 2. The highest BCUT2D eigenvalue weighted by Gasteiger charge is 2.38. The summed E-state index contributed by atoms with van der Waals surface area (Å²) in [7, 11) is 2.73. The summed E-state index contributed by atoms with van der Waals surface area (Å²) in [6, 6.07) is 15.2. The van der Waals surface area contributed by atoms with Gasteiger partial charge >= 0.3 is 6.03 Å². The van der Waals surface area contributed by atoms with Crippen LogP contribution in [0, 0.1) is 0 Å². The molecule has 31 heavy (non-hydrogen) atoms. The molecule has 0 saturated carbocycles. The number of pyridine rings is 1. The van der Waals surface area contributed by atoms with Gasteiger partial charge in [0.2, 0.25) is 0 Å². The van der Waals surface area contributed by atoms with Crippen molar-refractivity contribution in [1.29, 1.82) is 0 Å². The number of hydrogen-bond donors (Lipinski definition) is 0. The average molecular weight is 449 g/mol. The number of amides is 4. The minimum atomic E-state index is -0.635. The highest BCUT2D eigenvalue weighted by Crippen LogP contribution is 2.51. The zero-order valence-electron chi connectivity index (χ0n) is 16.6. The van der Waals surface area contributed by atoms with E-state index in [-0.39, 0.29) is 5.57 Å². The molecular weight excluding hydrogens is 432 g/mol. The molecule has 0 radical (unpaired) electrons. The molecular formula is C22H16N4O3S2. The number of urea groups is 1. The van der Waals surface area contributed by atoms with Gasteiger partial charge < -0.3 is 0 Å². The molecule has 5 rings (SSSR count). The maximum Gasteiger partial charge on any atom is 0.333 e. The maximum atomic E-state index is 12.5. The fraction of sp³-hybridized carbons (Fsp3) is 0.0909. The Bertz CT molecular complexity index is 1210. The number of benzene rings is 1. The summed E-state index contributed by atoms with van der Waals surface area (Å²) in [6.45, 7) is 0. The molecule has 154 valence electrons. The van der Waals surface area contributed by atoms with E-state index in [9.17, 15) is 14.4 Å². The third-order valence-electron chi connectivity index (χ3n) is 5.05. The number of aromatic nitrogens is 1. The van der Waals surface area contributed by atoms with Crippen LogP contribution < -0.4 is 4.90 Å². The Kier molecular flexibility index (Phi) is 4.64. The van der Waals surface area contributed by atoms with Gasteiger partial charge in [0, 0.05) is 30.1 Å². The molecule has 0 N–H and O–H groups in total. The highest BCUT2D eigenvalue weighted by molar-refractivity contribution is 7.99. The van der Waals surface area contributed by atoms with Crippen molar-refractivity contribution in [2.75, 3.05) is 19.0 Å². The van der Waals surface area contributed by atoms with E-state index in [1.807, 2.05) is 42.5 Å². The van der Waals surface area contributed by atoms with Gasteiger partial charge in [-0.3, -0.25) is 24.3 Å². The van der Waals surface area contributed by atoms with Gasteiger partial charge in [-0.25, -0.2) is 9.78 Å². The van der Waals surface area contributed by atoms with Crippen molar-refractivity contribution in [1.82, 2.24) is 14.8 Å². The lowest BCUT2D eigenvalue weighted by Gasteiger charge is -2.30. The van der Waals surface area contributed by atoms with Crippen LogP contribution in [0.3, 0.4) is 0 Å². The van der Waals surface area contributed by atoms with Gasteiger partial charge in [0.1, 0.15) is 10.6 Å². The van der Waals surface area contributed by atoms with Crippen molar-refractivity contribution in [3.63, 3.8) is 0 Å². The second-order valence-corrected chi connectivity index (χ2v) is 9.15. The van der Waals surface area contributed by atoms with Crippen LogP contribution in [0.2, 0.25) is 0 Å². The number of thiophene rings is 1. The fourth-order valence-electron chi connectivity index (χ4n) is 3.47. The third-order valence-corrected chi connectivity index (χ3v) is 7.17. The van der Waals surface area contributed by atoms with E-state index < -0.39 is 17.8 Å². The van der Waals surface area contributed by atoms with Gasteiger partial charge in [-0.15, -0.1) is 11.3 Å². The summed E-state index contributed by atoms with van der Waals surface area (Å²) in [5.41, 5.74) is 0.987. The first-order valence-electron chi connectivity index (χ1n) is 9.39. The van der Waals surface area contributed by atoms with Crippen LogP contribution in [0.1, 0.15) is 4.88 Å². The number of carbonyl (C=O) groups is 3. The van der Waals surface area contributed by atoms with E-state index in [4.69, 9.17) is 0 Å². The Labute approximate surface area is 186 Å². The Morgan fingerprint density at radius 3 is 2.35 bits per heavy atom. The molecule has 0 atom stereocenters. The van der Waals surface area contributed by atoms with Crippen LogP contribution in [0.25, 0.3) is 6.08 Å². The molecule has 1 fully saturated rings. The van der Waals surface area contributed by atoms with E-state index >= 15 is 0 Å². The van der Waals surface area contributed by atoms with Crippen LogP contribution in [-0.4, -0.2) is 46.7 Å². The molecule has 0 unspecified atom stereocenters. The van der Waals surface area contributed by atoms with Gasteiger partial charge in [-0.2, -0.15) is 0 Å². The summed E-state index contributed by atoms with van der Waals surface area (Å²) in [5.74, 6) is -0.369. The van der Waals surface area contributed by atoms with Gasteiger partial charge in [-0.1, -0.05) is 23.9 Å². The predicted molar refractivity (Wildman–Crippen MR) is 120 cm³/mol. The van der Waals surface area contributed by atoms with Crippen LogP contribution in [0.5, 0.6) is 0 Å². The lowest BCUT2D eigenvalue weighted by molar-refractivity contribution is -0.134. The zero-order valence-corrected chi connectivity index (χ0v) is 18.2. The molecule has 9 heteroatoms. The quantitative estimate of drug-likeness (QED) is 0.332. The first kappa shape index (κ1) is 19.5.